The number of nitrogens with one attached hydrogen (secondary N) is 1. The monoisotopic (exact) mass is 226 g/mol. The predicted molar refractivity (Wildman–Crippen MR) is 58.4 cm³/mol. The van der Waals surface area contributed by atoms with Crippen LogP contribution in [0, 0.1) is 22.7 Å². The van der Waals surface area contributed by atoms with E-state index >= 15 is 0 Å². The zero-order chi connectivity index (χ0) is 12.8. The highest BCUT2D eigenvalue weighted by Crippen LogP contribution is 2.31. The fourth-order valence-corrected chi connectivity index (χ4v) is 1.18. The van der Waals surface area contributed by atoms with Crippen molar-refractivity contribution in [3.63, 3.8) is 0 Å². The van der Waals surface area contributed by atoms with Crippen LogP contribution in [0.3, 0.4) is 0 Å². The van der Waals surface area contributed by atoms with Crippen LogP contribution < -0.4 is 5.32 Å². The number of rotatable bonds is 6. The fraction of sp³-hybridized carbons (Fsp3) is 0.727. The number of carboxylic acid groups (broad SMARTS) is 1. The number of amides is 1. The summed E-state index contributed by atoms with van der Waals surface area (Å²) in [7, 11) is 0. The predicted octanol–water partition coefficient (Wildman–Crippen LogP) is 1.15. The average Bonchev–Trinajstić information content (AvgIpc) is 2.17. The first kappa shape index (κ1) is 14.4. The van der Waals surface area contributed by atoms with Crippen LogP contribution in [0.1, 0.15) is 33.6 Å². The maximum absolute atomic E-state index is 11.5. The highest BCUT2D eigenvalue weighted by atomic mass is 16.4. The van der Waals surface area contributed by atoms with E-state index in [9.17, 15) is 9.59 Å². The lowest BCUT2D eigenvalue weighted by Gasteiger charge is -2.28. The van der Waals surface area contributed by atoms with Gasteiger partial charge in [0.1, 0.15) is 0 Å². The summed E-state index contributed by atoms with van der Waals surface area (Å²) < 4.78 is 0. The summed E-state index contributed by atoms with van der Waals surface area (Å²) in [6.45, 7) is 5.38. The summed E-state index contributed by atoms with van der Waals surface area (Å²) in [6.07, 6.45) is 0.169. The smallest absolute Gasteiger partial charge is 0.310 e. The molecular formula is C11H18N2O3. The first-order valence-corrected chi connectivity index (χ1v) is 5.21. The Hall–Kier alpha value is -1.57. The molecule has 90 valence electrons. The van der Waals surface area contributed by atoms with Crippen molar-refractivity contribution in [2.75, 3.05) is 6.54 Å². The van der Waals surface area contributed by atoms with Crippen LogP contribution in [0.15, 0.2) is 0 Å². The minimum Gasteiger partial charge on any atom is -0.481 e. The number of aliphatic carboxylic acids is 1. The Balaban J connectivity index is 4.38. The van der Waals surface area contributed by atoms with Gasteiger partial charge >= 0.3 is 5.97 Å². The van der Waals surface area contributed by atoms with E-state index in [1.807, 2.05) is 6.07 Å². The van der Waals surface area contributed by atoms with Crippen LogP contribution in [-0.2, 0) is 9.59 Å². The molecule has 0 saturated carbocycles. The second-order valence-electron chi connectivity index (χ2n) is 4.31. The SMILES string of the molecule is CC(C)C(C)(CC(=O)NCCC#N)C(=O)O. The van der Waals surface area contributed by atoms with E-state index in [1.54, 1.807) is 20.8 Å². The van der Waals surface area contributed by atoms with Gasteiger partial charge in [0.2, 0.25) is 5.91 Å². The molecule has 0 aromatic heterocycles. The van der Waals surface area contributed by atoms with Gasteiger partial charge in [-0.15, -0.1) is 0 Å². The molecule has 0 bridgehead atoms. The molecule has 0 radical (unpaired) electrons. The minimum absolute atomic E-state index is 0.0641. The quantitative estimate of drug-likeness (QED) is 0.665. The van der Waals surface area contributed by atoms with Crippen LogP contribution in [-0.4, -0.2) is 23.5 Å². The van der Waals surface area contributed by atoms with Gasteiger partial charge < -0.3 is 10.4 Å². The van der Waals surface area contributed by atoms with Crippen molar-refractivity contribution in [1.29, 1.82) is 5.26 Å². The van der Waals surface area contributed by atoms with Gasteiger partial charge in [0.05, 0.1) is 17.9 Å². The summed E-state index contributed by atoms with van der Waals surface area (Å²) in [5, 5.41) is 19.9. The van der Waals surface area contributed by atoms with Gasteiger partial charge in [-0.25, -0.2) is 0 Å². The third kappa shape index (κ3) is 3.89. The highest BCUT2D eigenvalue weighted by molar-refractivity contribution is 5.84. The van der Waals surface area contributed by atoms with Crippen molar-refractivity contribution in [1.82, 2.24) is 5.32 Å². The van der Waals surface area contributed by atoms with E-state index in [-0.39, 0.29) is 31.2 Å². The van der Waals surface area contributed by atoms with Crippen LogP contribution in [0.4, 0.5) is 0 Å². The molecule has 0 fully saturated rings. The van der Waals surface area contributed by atoms with E-state index in [1.165, 1.54) is 0 Å². The number of hydrogen-bond acceptors (Lipinski definition) is 3. The molecule has 0 aliphatic rings. The van der Waals surface area contributed by atoms with Gasteiger partial charge in [-0.1, -0.05) is 13.8 Å². The molecule has 0 rings (SSSR count). The summed E-state index contributed by atoms with van der Waals surface area (Å²) >= 11 is 0. The molecule has 0 aliphatic heterocycles. The molecule has 2 N–H and O–H groups in total. The fourth-order valence-electron chi connectivity index (χ4n) is 1.18. The van der Waals surface area contributed by atoms with Gasteiger partial charge in [0, 0.05) is 13.0 Å². The lowest BCUT2D eigenvalue weighted by Crippen LogP contribution is -2.39. The number of carbonyl (C=O) groups is 2. The van der Waals surface area contributed by atoms with E-state index < -0.39 is 11.4 Å². The first-order valence-electron chi connectivity index (χ1n) is 5.21. The Labute approximate surface area is 95.4 Å². The summed E-state index contributed by atoms with van der Waals surface area (Å²) in [6, 6.07) is 1.90. The molecule has 5 heteroatoms. The van der Waals surface area contributed by atoms with Gasteiger partial charge in [-0.2, -0.15) is 5.26 Å². The summed E-state index contributed by atoms with van der Waals surface area (Å²) in [5.74, 6) is -1.43. The normalized spacial score (nSPS) is 13.9. The Morgan fingerprint density at radius 1 is 1.50 bits per heavy atom. The molecule has 0 spiro atoms. The van der Waals surface area contributed by atoms with E-state index in [4.69, 9.17) is 10.4 Å². The molecule has 1 unspecified atom stereocenters. The molecule has 1 amide bonds. The largest absolute Gasteiger partial charge is 0.481 e. The topological polar surface area (TPSA) is 90.2 Å². The molecule has 16 heavy (non-hydrogen) atoms. The van der Waals surface area contributed by atoms with Gasteiger partial charge in [0.25, 0.3) is 0 Å². The van der Waals surface area contributed by atoms with Crippen LogP contribution in [0.2, 0.25) is 0 Å². The zero-order valence-corrected chi connectivity index (χ0v) is 9.91. The molecule has 0 heterocycles. The number of carboxylic acids is 1. The minimum atomic E-state index is -1.06. The third-order valence-corrected chi connectivity index (χ3v) is 2.85. The maximum Gasteiger partial charge on any atom is 0.310 e. The molecule has 0 aliphatic carbocycles. The highest BCUT2D eigenvalue weighted by Gasteiger charge is 2.38. The molecule has 5 nitrogen and oxygen atoms in total. The second-order valence-corrected chi connectivity index (χ2v) is 4.31. The Kier molecular flexibility index (Phi) is 5.51. The molecule has 0 saturated heterocycles. The average molecular weight is 226 g/mol. The first-order chi connectivity index (χ1) is 7.34. The van der Waals surface area contributed by atoms with Crippen molar-refractivity contribution in [2.45, 2.75) is 33.6 Å². The molecule has 0 aromatic carbocycles. The molecule has 1 atom stereocenters. The summed E-state index contributed by atoms with van der Waals surface area (Å²) in [5.41, 5.74) is -1.06. The van der Waals surface area contributed by atoms with E-state index in [0.29, 0.717) is 0 Å². The Bertz CT molecular complexity index is 307. The zero-order valence-electron chi connectivity index (χ0n) is 9.91. The molecule has 0 aromatic rings. The number of nitriles is 1. The number of hydrogen-bond donors (Lipinski definition) is 2. The third-order valence-electron chi connectivity index (χ3n) is 2.85. The lowest BCUT2D eigenvalue weighted by molar-refractivity contribution is -0.153. The van der Waals surface area contributed by atoms with Crippen LogP contribution in [0.5, 0.6) is 0 Å². The van der Waals surface area contributed by atoms with Crippen LogP contribution in [0.25, 0.3) is 0 Å². The Morgan fingerprint density at radius 2 is 2.06 bits per heavy atom. The molecular weight excluding hydrogens is 208 g/mol. The van der Waals surface area contributed by atoms with Crippen molar-refractivity contribution in [3.8, 4) is 6.07 Å². The van der Waals surface area contributed by atoms with Gasteiger partial charge in [-0.05, 0) is 12.8 Å². The van der Waals surface area contributed by atoms with Crippen LogP contribution >= 0.6 is 0 Å². The van der Waals surface area contributed by atoms with Gasteiger partial charge in [-0.3, -0.25) is 9.59 Å². The van der Waals surface area contributed by atoms with Crippen molar-refractivity contribution < 1.29 is 14.7 Å². The number of nitrogens with zero attached hydrogens (tertiary/aromatic N) is 1. The van der Waals surface area contributed by atoms with Gasteiger partial charge in [0.15, 0.2) is 0 Å². The Morgan fingerprint density at radius 3 is 2.44 bits per heavy atom. The van der Waals surface area contributed by atoms with Crippen molar-refractivity contribution in [3.05, 3.63) is 0 Å². The van der Waals surface area contributed by atoms with Crippen molar-refractivity contribution >= 4 is 11.9 Å². The standard InChI is InChI=1S/C11H18N2O3/c1-8(2)11(3,10(15)16)7-9(14)13-6-4-5-12/h8H,4,6-7H2,1-3H3,(H,13,14)(H,15,16). The lowest BCUT2D eigenvalue weighted by atomic mass is 9.76. The van der Waals surface area contributed by atoms with E-state index in [2.05, 4.69) is 5.32 Å². The number of carbonyl (C=O) groups excluding carboxylic acids is 1. The maximum atomic E-state index is 11.5. The second kappa shape index (κ2) is 6.11. The van der Waals surface area contributed by atoms with E-state index in [0.717, 1.165) is 0 Å². The summed E-state index contributed by atoms with van der Waals surface area (Å²) in [4.78, 5) is 22.6. The van der Waals surface area contributed by atoms with Crippen molar-refractivity contribution in [2.24, 2.45) is 11.3 Å².